The van der Waals surface area contributed by atoms with Crippen molar-refractivity contribution in [2.45, 2.75) is 44.6 Å². The van der Waals surface area contributed by atoms with Gasteiger partial charge in [-0.3, -0.25) is 4.79 Å². The summed E-state index contributed by atoms with van der Waals surface area (Å²) < 4.78 is 4.89. The van der Waals surface area contributed by atoms with E-state index >= 15 is 0 Å². The largest absolute Gasteiger partial charge is 0.467 e. The maximum Gasteiger partial charge on any atom is 0.331 e. The first-order chi connectivity index (χ1) is 12.5. The number of rotatable bonds is 8. The molecule has 0 radical (unpaired) electrons. The molecule has 2 rings (SSSR count). The van der Waals surface area contributed by atoms with Crippen molar-refractivity contribution in [1.29, 1.82) is 0 Å². The number of ether oxygens (including phenoxy) is 1. The van der Waals surface area contributed by atoms with Gasteiger partial charge in [0.1, 0.15) is 5.54 Å². The minimum atomic E-state index is -1.00. The zero-order valence-electron chi connectivity index (χ0n) is 15.7. The molecule has 1 N–H and O–H groups in total. The molecule has 0 aliphatic rings. The van der Waals surface area contributed by atoms with Crippen LogP contribution in [0, 0.1) is 0 Å². The molecule has 1 atom stereocenters. The highest BCUT2D eigenvalue weighted by atomic mass is 16.5. The number of benzene rings is 2. The number of hydrogen-bond donors (Lipinski definition) is 1. The molecule has 0 saturated carbocycles. The van der Waals surface area contributed by atoms with Gasteiger partial charge in [0.25, 0.3) is 0 Å². The van der Waals surface area contributed by atoms with Crippen LogP contribution in [0.5, 0.6) is 0 Å². The number of nitrogens with one attached hydrogen (secondary N) is 1. The lowest BCUT2D eigenvalue weighted by atomic mass is 9.87. The number of methoxy groups -OCH3 is 1. The minimum absolute atomic E-state index is 0.0686. The Morgan fingerprint density at radius 3 is 1.92 bits per heavy atom. The topological polar surface area (TPSA) is 55.4 Å². The summed E-state index contributed by atoms with van der Waals surface area (Å²) in [4.78, 5) is 24.9. The molecule has 0 aliphatic carbocycles. The molecule has 1 amide bonds. The summed E-state index contributed by atoms with van der Waals surface area (Å²) >= 11 is 0. The van der Waals surface area contributed by atoms with Gasteiger partial charge in [-0.25, -0.2) is 4.79 Å². The molecule has 1 unspecified atom stereocenters. The summed E-state index contributed by atoms with van der Waals surface area (Å²) in [5.74, 6) is -0.645. The lowest BCUT2D eigenvalue weighted by molar-refractivity contribution is -0.150. The van der Waals surface area contributed by atoms with Crippen LogP contribution in [0.15, 0.2) is 60.7 Å². The van der Waals surface area contributed by atoms with Crippen LogP contribution in [0.25, 0.3) is 0 Å². The van der Waals surface area contributed by atoms with Crippen molar-refractivity contribution in [3.8, 4) is 0 Å². The Bertz CT molecular complexity index is 675. The molecule has 0 aromatic heterocycles. The Morgan fingerprint density at radius 1 is 1.00 bits per heavy atom. The number of carbonyl (C=O) groups is 2. The van der Waals surface area contributed by atoms with Crippen molar-refractivity contribution < 1.29 is 14.3 Å². The molecule has 0 aliphatic heterocycles. The average molecular weight is 353 g/mol. The second kappa shape index (κ2) is 9.18. The fourth-order valence-electron chi connectivity index (χ4n) is 3.28. The van der Waals surface area contributed by atoms with Crippen molar-refractivity contribution in [2.75, 3.05) is 7.11 Å². The van der Waals surface area contributed by atoms with Crippen LogP contribution in [-0.4, -0.2) is 24.5 Å². The van der Waals surface area contributed by atoms with Crippen molar-refractivity contribution >= 4 is 11.9 Å². The predicted molar refractivity (Wildman–Crippen MR) is 103 cm³/mol. The Labute approximate surface area is 155 Å². The first-order valence-corrected chi connectivity index (χ1v) is 8.99. The number of esters is 1. The van der Waals surface area contributed by atoms with Crippen LogP contribution in [0.3, 0.4) is 0 Å². The van der Waals surface area contributed by atoms with E-state index in [-0.39, 0.29) is 18.2 Å². The molecule has 26 heavy (non-hydrogen) atoms. The van der Waals surface area contributed by atoms with E-state index in [1.807, 2.05) is 67.6 Å². The van der Waals surface area contributed by atoms with Gasteiger partial charge in [0.15, 0.2) is 0 Å². The lowest BCUT2D eigenvalue weighted by Gasteiger charge is -2.28. The van der Waals surface area contributed by atoms with Crippen molar-refractivity contribution in [1.82, 2.24) is 5.32 Å². The molecule has 0 fully saturated rings. The predicted octanol–water partition coefficient (Wildman–Crippen LogP) is 4.06. The number of carbonyl (C=O) groups excluding carboxylic acids is 2. The maximum absolute atomic E-state index is 12.8. The summed E-state index contributed by atoms with van der Waals surface area (Å²) in [6.07, 6.45) is 1.57. The van der Waals surface area contributed by atoms with E-state index in [1.54, 1.807) is 6.92 Å². The van der Waals surface area contributed by atoms with E-state index in [0.29, 0.717) is 6.42 Å². The third-order valence-electron chi connectivity index (χ3n) is 4.59. The smallest absolute Gasteiger partial charge is 0.331 e. The fourth-order valence-corrected chi connectivity index (χ4v) is 3.28. The quantitative estimate of drug-likeness (QED) is 0.728. The average Bonchev–Trinajstić information content (AvgIpc) is 2.67. The standard InChI is InChI=1S/C22H27NO3/c1-4-15-22(2,21(25)26-3)23-20(24)16-19(17-11-7-5-8-12-17)18-13-9-6-10-14-18/h5-14,19H,4,15-16H2,1-3H3,(H,23,24). The van der Waals surface area contributed by atoms with Crippen molar-refractivity contribution in [2.24, 2.45) is 0 Å². The molecule has 0 spiro atoms. The molecule has 2 aromatic rings. The van der Waals surface area contributed by atoms with Gasteiger partial charge in [-0.15, -0.1) is 0 Å². The van der Waals surface area contributed by atoms with Gasteiger partial charge >= 0.3 is 5.97 Å². The summed E-state index contributed by atoms with van der Waals surface area (Å²) in [5.41, 5.74) is 1.15. The molecule has 2 aromatic carbocycles. The summed E-state index contributed by atoms with van der Waals surface area (Å²) in [7, 11) is 1.35. The van der Waals surface area contributed by atoms with Crippen LogP contribution in [0.1, 0.15) is 50.2 Å². The van der Waals surface area contributed by atoms with Gasteiger partial charge in [-0.05, 0) is 24.5 Å². The molecule has 0 heterocycles. The molecule has 4 heteroatoms. The van der Waals surface area contributed by atoms with Crippen molar-refractivity contribution in [3.63, 3.8) is 0 Å². The van der Waals surface area contributed by atoms with E-state index in [4.69, 9.17) is 4.74 Å². The van der Waals surface area contributed by atoms with E-state index in [1.165, 1.54) is 7.11 Å². The Balaban J connectivity index is 2.23. The lowest BCUT2D eigenvalue weighted by Crippen LogP contribution is -2.52. The monoisotopic (exact) mass is 353 g/mol. The summed E-state index contributed by atoms with van der Waals surface area (Å²) in [6.45, 7) is 3.70. The van der Waals surface area contributed by atoms with E-state index in [0.717, 1.165) is 17.5 Å². The molecule has 138 valence electrons. The Morgan fingerprint density at radius 2 is 1.50 bits per heavy atom. The Kier molecular flexibility index (Phi) is 6.96. The van der Waals surface area contributed by atoms with Gasteiger partial charge < -0.3 is 10.1 Å². The van der Waals surface area contributed by atoms with Crippen LogP contribution in [0.4, 0.5) is 0 Å². The molecule has 0 saturated heterocycles. The van der Waals surface area contributed by atoms with Crippen LogP contribution >= 0.6 is 0 Å². The fraction of sp³-hybridized carbons (Fsp3) is 0.364. The number of hydrogen-bond acceptors (Lipinski definition) is 3. The van der Waals surface area contributed by atoms with Gasteiger partial charge in [0, 0.05) is 12.3 Å². The molecular weight excluding hydrogens is 326 g/mol. The van der Waals surface area contributed by atoms with Crippen LogP contribution < -0.4 is 5.32 Å². The first-order valence-electron chi connectivity index (χ1n) is 8.99. The van der Waals surface area contributed by atoms with Gasteiger partial charge in [0.05, 0.1) is 7.11 Å². The zero-order chi connectivity index (χ0) is 19.0. The highest BCUT2D eigenvalue weighted by Crippen LogP contribution is 2.28. The summed E-state index contributed by atoms with van der Waals surface area (Å²) in [6, 6.07) is 19.9. The maximum atomic E-state index is 12.8. The zero-order valence-corrected chi connectivity index (χ0v) is 15.7. The molecule has 0 bridgehead atoms. The second-order valence-electron chi connectivity index (χ2n) is 6.70. The molecular formula is C22H27NO3. The third kappa shape index (κ3) is 4.94. The normalized spacial score (nSPS) is 13.1. The SMILES string of the molecule is CCCC(C)(NC(=O)CC(c1ccccc1)c1ccccc1)C(=O)OC. The van der Waals surface area contributed by atoms with Crippen molar-refractivity contribution in [3.05, 3.63) is 71.8 Å². The summed E-state index contributed by atoms with van der Waals surface area (Å²) in [5, 5.41) is 2.90. The first kappa shape index (κ1) is 19.7. The second-order valence-corrected chi connectivity index (χ2v) is 6.70. The Hall–Kier alpha value is -2.62. The minimum Gasteiger partial charge on any atom is -0.467 e. The van der Waals surface area contributed by atoms with Crippen LogP contribution in [0.2, 0.25) is 0 Å². The van der Waals surface area contributed by atoms with E-state index < -0.39 is 11.5 Å². The van der Waals surface area contributed by atoms with Gasteiger partial charge in [-0.2, -0.15) is 0 Å². The highest BCUT2D eigenvalue weighted by molar-refractivity contribution is 5.88. The van der Waals surface area contributed by atoms with E-state index in [2.05, 4.69) is 5.32 Å². The highest BCUT2D eigenvalue weighted by Gasteiger charge is 2.35. The van der Waals surface area contributed by atoms with Gasteiger partial charge in [-0.1, -0.05) is 74.0 Å². The third-order valence-corrected chi connectivity index (χ3v) is 4.59. The number of amides is 1. The van der Waals surface area contributed by atoms with Gasteiger partial charge in [0.2, 0.25) is 5.91 Å². The van der Waals surface area contributed by atoms with E-state index in [9.17, 15) is 9.59 Å². The van der Waals surface area contributed by atoms with Crippen LogP contribution in [-0.2, 0) is 14.3 Å². The molecule has 4 nitrogen and oxygen atoms in total.